The zero-order chi connectivity index (χ0) is 7.11. The van der Waals surface area contributed by atoms with E-state index in [-0.39, 0.29) is 6.42 Å². The number of nitrogens with zero attached hydrogens (tertiary/aromatic N) is 1. The van der Waals surface area contributed by atoms with Gasteiger partial charge in [-0.1, -0.05) is 0 Å². The van der Waals surface area contributed by atoms with Gasteiger partial charge in [-0.2, -0.15) is 0 Å². The highest BCUT2D eigenvalue weighted by atomic mass is 16.4. The molecule has 0 amide bonds. The maximum Gasteiger partial charge on any atom is 0.303 e. The van der Waals surface area contributed by atoms with Gasteiger partial charge in [0, 0.05) is 13.5 Å². The first-order valence-corrected chi connectivity index (χ1v) is 2.89. The first-order valence-electron chi connectivity index (χ1n) is 2.89. The number of carboxylic acid groups (broad SMARTS) is 1. The summed E-state index contributed by atoms with van der Waals surface area (Å²) >= 11 is 0. The van der Waals surface area contributed by atoms with Gasteiger partial charge in [-0.25, -0.2) is 0 Å². The largest absolute Gasteiger partial charge is 0.481 e. The summed E-state index contributed by atoms with van der Waals surface area (Å²) in [6.45, 7) is 0. The maximum atomic E-state index is 9.92. The van der Waals surface area contributed by atoms with Gasteiger partial charge in [-0.15, -0.1) is 0 Å². The van der Waals surface area contributed by atoms with Crippen molar-refractivity contribution in [3.05, 3.63) is 0 Å². The summed E-state index contributed by atoms with van der Waals surface area (Å²) in [7, 11) is 1.68. The Bertz CT molecular complexity index is 110. The average Bonchev–Trinajstić information content (AvgIpc) is 1.80. The van der Waals surface area contributed by atoms with E-state index >= 15 is 0 Å². The molecule has 0 aliphatic carbocycles. The van der Waals surface area contributed by atoms with Gasteiger partial charge in [0.25, 0.3) is 0 Å². The molecule has 1 N–H and O–H groups in total. The van der Waals surface area contributed by atoms with Crippen molar-refractivity contribution in [2.45, 2.75) is 19.3 Å². The lowest BCUT2D eigenvalue weighted by molar-refractivity contribution is -0.137. The quantitative estimate of drug-likeness (QED) is 0.453. The Labute approximate surface area is 54.4 Å². The van der Waals surface area contributed by atoms with Crippen LogP contribution in [0.25, 0.3) is 0 Å². The molecule has 0 aliphatic rings. The predicted octanol–water partition coefficient (Wildman–Crippen LogP) is 0.942. The van der Waals surface area contributed by atoms with Crippen LogP contribution in [-0.4, -0.2) is 24.3 Å². The number of hydrogen-bond acceptors (Lipinski definition) is 2. The van der Waals surface area contributed by atoms with E-state index in [4.69, 9.17) is 5.11 Å². The standard InChI is InChI=1S/C6H11NO2/c1-7-5-3-2-4-6(8)9/h5H,2-4H2,1H3,(H,8,9). The van der Waals surface area contributed by atoms with Crippen molar-refractivity contribution in [2.75, 3.05) is 7.05 Å². The third-order valence-electron chi connectivity index (χ3n) is 0.906. The second-order valence-electron chi connectivity index (χ2n) is 1.73. The third kappa shape index (κ3) is 7.14. The number of aliphatic imine (C=N–C) groups is 1. The highest BCUT2D eigenvalue weighted by Crippen LogP contribution is 1.91. The van der Waals surface area contributed by atoms with Crippen LogP contribution >= 0.6 is 0 Å². The third-order valence-corrected chi connectivity index (χ3v) is 0.906. The fraction of sp³-hybridized carbons (Fsp3) is 0.667. The molecule has 0 radical (unpaired) electrons. The Balaban J connectivity index is 3.01. The summed E-state index contributed by atoms with van der Waals surface area (Å²) in [4.78, 5) is 13.6. The molecule has 0 aromatic rings. The molecule has 52 valence electrons. The summed E-state index contributed by atoms with van der Waals surface area (Å²) in [5.74, 6) is -0.737. The molecule has 3 heteroatoms. The number of carboxylic acids is 1. The minimum Gasteiger partial charge on any atom is -0.481 e. The van der Waals surface area contributed by atoms with Gasteiger partial charge < -0.3 is 10.1 Å². The minimum absolute atomic E-state index is 0.242. The second kappa shape index (κ2) is 5.28. The fourth-order valence-corrected chi connectivity index (χ4v) is 0.474. The average molecular weight is 129 g/mol. The fourth-order valence-electron chi connectivity index (χ4n) is 0.474. The van der Waals surface area contributed by atoms with Crippen LogP contribution in [-0.2, 0) is 4.79 Å². The van der Waals surface area contributed by atoms with Crippen molar-refractivity contribution in [3.63, 3.8) is 0 Å². The van der Waals surface area contributed by atoms with Crippen LogP contribution in [0.4, 0.5) is 0 Å². The zero-order valence-electron chi connectivity index (χ0n) is 5.50. The van der Waals surface area contributed by atoms with Gasteiger partial charge in [0.1, 0.15) is 0 Å². The topological polar surface area (TPSA) is 49.7 Å². The molecule has 0 unspecified atom stereocenters. The van der Waals surface area contributed by atoms with E-state index in [1.807, 2.05) is 0 Å². The Morgan fingerprint density at radius 2 is 2.44 bits per heavy atom. The van der Waals surface area contributed by atoms with Crippen LogP contribution in [0.2, 0.25) is 0 Å². The molecular formula is C6H11NO2. The second-order valence-corrected chi connectivity index (χ2v) is 1.73. The molecule has 0 heterocycles. The molecule has 0 bridgehead atoms. The number of carbonyl (C=O) groups is 1. The van der Waals surface area contributed by atoms with E-state index in [1.165, 1.54) is 0 Å². The lowest BCUT2D eigenvalue weighted by atomic mass is 10.2. The van der Waals surface area contributed by atoms with Crippen molar-refractivity contribution in [2.24, 2.45) is 4.99 Å². The van der Waals surface area contributed by atoms with Crippen LogP contribution in [0.3, 0.4) is 0 Å². The monoisotopic (exact) mass is 129 g/mol. The minimum atomic E-state index is -0.737. The van der Waals surface area contributed by atoms with Crippen molar-refractivity contribution in [1.29, 1.82) is 0 Å². The molecule has 0 aromatic carbocycles. The summed E-state index contributed by atoms with van der Waals surface area (Å²) in [6.07, 6.45) is 3.42. The first-order chi connectivity index (χ1) is 4.27. The zero-order valence-corrected chi connectivity index (χ0v) is 5.50. The van der Waals surface area contributed by atoms with Crippen LogP contribution in [0.1, 0.15) is 19.3 Å². The lowest BCUT2D eigenvalue weighted by Gasteiger charge is -1.87. The van der Waals surface area contributed by atoms with E-state index in [0.717, 1.165) is 6.42 Å². The number of unbranched alkanes of at least 4 members (excludes halogenated alkanes) is 1. The lowest BCUT2D eigenvalue weighted by Crippen LogP contribution is -1.93. The van der Waals surface area contributed by atoms with E-state index in [9.17, 15) is 4.79 Å². The molecule has 3 nitrogen and oxygen atoms in total. The van der Waals surface area contributed by atoms with Crippen LogP contribution in [0.15, 0.2) is 4.99 Å². The normalized spacial score (nSPS) is 10.3. The molecule has 0 saturated carbocycles. The van der Waals surface area contributed by atoms with Gasteiger partial charge >= 0.3 is 5.97 Å². The molecule has 0 spiro atoms. The van der Waals surface area contributed by atoms with Crippen LogP contribution < -0.4 is 0 Å². The maximum absolute atomic E-state index is 9.92. The molecule has 0 rings (SSSR count). The smallest absolute Gasteiger partial charge is 0.303 e. The van der Waals surface area contributed by atoms with Gasteiger partial charge in [-0.3, -0.25) is 4.79 Å². The Morgan fingerprint density at radius 3 is 2.89 bits per heavy atom. The van der Waals surface area contributed by atoms with E-state index in [2.05, 4.69) is 4.99 Å². The Hall–Kier alpha value is -0.860. The van der Waals surface area contributed by atoms with Gasteiger partial charge in [0.15, 0.2) is 0 Å². The van der Waals surface area contributed by atoms with Crippen molar-refractivity contribution >= 4 is 12.2 Å². The molecule has 0 aromatic heterocycles. The Morgan fingerprint density at radius 1 is 1.78 bits per heavy atom. The number of aliphatic carboxylic acids is 1. The predicted molar refractivity (Wildman–Crippen MR) is 35.9 cm³/mol. The summed E-state index contributed by atoms with van der Waals surface area (Å²) in [6, 6.07) is 0. The molecule has 0 saturated heterocycles. The number of hydrogen-bond donors (Lipinski definition) is 1. The van der Waals surface area contributed by atoms with E-state index < -0.39 is 5.97 Å². The molecule has 9 heavy (non-hydrogen) atoms. The van der Waals surface area contributed by atoms with Crippen molar-refractivity contribution in [3.8, 4) is 0 Å². The summed E-state index contributed by atoms with van der Waals surface area (Å²) < 4.78 is 0. The van der Waals surface area contributed by atoms with Crippen LogP contribution in [0, 0.1) is 0 Å². The molecule has 0 atom stereocenters. The molecule has 0 aliphatic heterocycles. The van der Waals surface area contributed by atoms with Crippen molar-refractivity contribution in [1.82, 2.24) is 0 Å². The molecule has 0 fully saturated rings. The van der Waals surface area contributed by atoms with E-state index in [1.54, 1.807) is 13.3 Å². The van der Waals surface area contributed by atoms with Gasteiger partial charge in [0.2, 0.25) is 0 Å². The Kier molecular flexibility index (Phi) is 4.78. The highest BCUT2D eigenvalue weighted by molar-refractivity contribution is 5.67. The first kappa shape index (κ1) is 8.14. The molecular weight excluding hydrogens is 118 g/mol. The van der Waals surface area contributed by atoms with Gasteiger partial charge in [0.05, 0.1) is 0 Å². The SMILES string of the molecule is CN=CCCCC(=O)O. The van der Waals surface area contributed by atoms with Gasteiger partial charge in [-0.05, 0) is 19.1 Å². The summed E-state index contributed by atoms with van der Waals surface area (Å²) in [5.41, 5.74) is 0. The van der Waals surface area contributed by atoms with Crippen molar-refractivity contribution < 1.29 is 9.90 Å². The number of rotatable bonds is 4. The van der Waals surface area contributed by atoms with E-state index in [0.29, 0.717) is 6.42 Å². The highest BCUT2D eigenvalue weighted by Gasteiger charge is 1.92. The van der Waals surface area contributed by atoms with Crippen LogP contribution in [0.5, 0.6) is 0 Å². The summed E-state index contributed by atoms with van der Waals surface area (Å²) in [5, 5.41) is 8.17.